The molecule has 0 atom stereocenters. The van der Waals surface area contributed by atoms with Gasteiger partial charge in [-0.3, -0.25) is 0 Å². The van der Waals surface area contributed by atoms with Crippen molar-refractivity contribution in [3.8, 4) is 0 Å². The lowest BCUT2D eigenvalue weighted by atomic mass is 9.98. The molecule has 102 valence electrons. The molecule has 0 saturated carbocycles. The number of anilines is 1. The van der Waals surface area contributed by atoms with E-state index in [2.05, 4.69) is 33.8 Å². The highest BCUT2D eigenvalue weighted by Gasteiger charge is 2.17. The van der Waals surface area contributed by atoms with Crippen molar-refractivity contribution >= 4 is 33.7 Å². The van der Waals surface area contributed by atoms with Gasteiger partial charge in [0.2, 0.25) is 0 Å². The van der Waals surface area contributed by atoms with Crippen LogP contribution in [0.25, 0.3) is 6.08 Å². The van der Waals surface area contributed by atoms with E-state index in [1.54, 1.807) is 6.08 Å². The van der Waals surface area contributed by atoms with Crippen LogP contribution in [-0.2, 0) is 4.79 Å². The summed E-state index contributed by atoms with van der Waals surface area (Å²) in [5.41, 5.74) is 2.09. The summed E-state index contributed by atoms with van der Waals surface area (Å²) in [6.07, 6.45) is 5.22. The summed E-state index contributed by atoms with van der Waals surface area (Å²) in [6.45, 7) is 4.47. The Balaban J connectivity index is 2.13. The number of nitrogens with zero attached hydrogens (tertiary/aromatic N) is 1. The fourth-order valence-electron chi connectivity index (χ4n) is 2.30. The van der Waals surface area contributed by atoms with Crippen LogP contribution < -0.4 is 4.90 Å². The molecule has 19 heavy (non-hydrogen) atoms. The van der Waals surface area contributed by atoms with Gasteiger partial charge in [-0.2, -0.15) is 0 Å². The minimum Gasteiger partial charge on any atom is -0.478 e. The van der Waals surface area contributed by atoms with Crippen LogP contribution in [0.1, 0.15) is 25.3 Å². The van der Waals surface area contributed by atoms with Crippen LogP contribution in [0.2, 0.25) is 0 Å². The molecule has 1 heterocycles. The molecular formula is C15H18BrNO2. The van der Waals surface area contributed by atoms with Crippen molar-refractivity contribution in [1.82, 2.24) is 0 Å². The van der Waals surface area contributed by atoms with Crippen molar-refractivity contribution in [2.75, 3.05) is 18.0 Å². The molecule has 1 aromatic rings. The number of halogens is 1. The Labute approximate surface area is 122 Å². The van der Waals surface area contributed by atoms with E-state index in [-0.39, 0.29) is 0 Å². The van der Waals surface area contributed by atoms with Gasteiger partial charge in [0.15, 0.2) is 0 Å². The first kappa shape index (κ1) is 14.1. The SMILES string of the molecule is CC1CCN(c2ccc(/C=C/C(=O)O)cc2Br)CC1. The topological polar surface area (TPSA) is 40.5 Å². The molecule has 1 aromatic carbocycles. The van der Waals surface area contributed by atoms with Crippen molar-refractivity contribution in [3.05, 3.63) is 34.3 Å². The van der Waals surface area contributed by atoms with E-state index >= 15 is 0 Å². The minimum absolute atomic E-state index is 0.813. The van der Waals surface area contributed by atoms with Gasteiger partial charge in [0.05, 0.1) is 5.69 Å². The van der Waals surface area contributed by atoms with Crippen molar-refractivity contribution in [3.63, 3.8) is 0 Å². The van der Waals surface area contributed by atoms with Gasteiger partial charge in [0.1, 0.15) is 0 Å². The summed E-state index contributed by atoms with van der Waals surface area (Å²) >= 11 is 3.58. The van der Waals surface area contributed by atoms with Crippen LogP contribution in [0.5, 0.6) is 0 Å². The molecule has 0 radical (unpaired) electrons. The Morgan fingerprint density at radius 2 is 2.11 bits per heavy atom. The summed E-state index contributed by atoms with van der Waals surface area (Å²) in [5.74, 6) is -0.113. The van der Waals surface area contributed by atoms with Gasteiger partial charge >= 0.3 is 5.97 Å². The third kappa shape index (κ3) is 3.83. The summed E-state index contributed by atoms with van der Waals surface area (Å²) < 4.78 is 1.02. The lowest BCUT2D eigenvalue weighted by Crippen LogP contribution is -2.32. The summed E-state index contributed by atoms with van der Waals surface area (Å²) in [4.78, 5) is 12.9. The van der Waals surface area contributed by atoms with E-state index in [9.17, 15) is 4.79 Å². The van der Waals surface area contributed by atoms with E-state index in [1.807, 2.05) is 12.1 Å². The average Bonchev–Trinajstić information content (AvgIpc) is 2.38. The molecule has 0 aromatic heterocycles. The van der Waals surface area contributed by atoms with E-state index in [0.717, 1.165) is 35.1 Å². The van der Waals surface area contributed by atoms with Crippen molar-refractivity contribution in [1.29, 1.82) is 0 Å². The lowest BCUT2D eigenvalue weighted by molar-refractivity contribution is -0.131. The molecule has 0 aliphatic carbocycles. The first-order chi connectivity index (χ1) is 9.06. The third-order valence-electron chi connectivity index (χ3n) is 3.51. The second kappa shape index (κ2) is 6.24. The molecule has 1 saturated heterocycles. The van der Waals surface area contributed by atoms with Gasteiger partial charge < -0.3 is 10.0 Å². The van der Waals surface area contributed by atoms with Gasteiger partial charge in [-0.05, 0) is 58.5 Å². The van der Waals surface area contributed by atoms with Crippen molar-refractivity contribution < 1.29 is 9.90 Å². The number of carboxylic acid groups (broad SMARTS) is 1. The second-order valence-electron chi connectivity index (χ2n) is 5.05. The number of aliphatic carboxylic acids is 1. The molecule has 1 N–H and O–H groups in total. The van der Waals surface area contributed by atoms with E-state index in [4.69, 9.17) is 5.11 Å². The first-order valence-corrected chi connectivity index (χ1v) is 7.31. The Morgan fingerprint density at radius 1 is 1.42 bits per heavy atom. The maximum absolute atomic E-state index is 10.5. The minimum atomic E-state index is -0.926. The number of hydrogen-bond acceptors (Lipinski definition) is 2. The van der Waals surface area contributed by atoms with Gasteiger partial charge in [-0.25, -0.2) is 4.79 Å². The maximum atomic E-state index is 10.5. The van der Waals surface area contributed by atoms with Crippen LogP contribution >= 0.6 is 15.9 Å². The van der Waals surface area contributed by atoms with Gasteiger partial charge in [-0.1, -0.05) is 13.0 Å². The normalized spacial score (nSPS) is 17.1. The predicted octanol–water partition coefficient (Wildman–Crippen LogP) is 3.78. The highest BCUT2D eigenvalue weighted by atomic mass is 79.9. The highest BCUT2D eigenvalue weighted by molar-refractivity contribution is 9.10. The number of rotatable bonds is 3. The summed E-state index contributed by atoms with van der Waals surface area (Å²) in [5, 5.41) is 8.62. The quantitative estimate of drug-likeness (QED) is 0.860. The molecule has 4 heteroatoms. The average molecular weight is 324 g/mol. The Morgan fingerprint density at radius 3 is 2.68 bits per heavy atom. The zero-order valence-corrected chi connectivity index (χ0v) is 12.6. The predicted molar refractivity (Wildman–Crippen MR) is 81.4 cm³/mol. The number of carboxylic acids is 1. The molecule has 3 nitrogen and oxygen atoms in total. The fraction of sp³-hybridized carbons (Fsp3) is 0.400. The largest absolute Gasteiger partial charge is 0.478 e. The van der Waals surface area contributed by atoms with Crippen molar-refractivity contribution in [2.45, 2.75) is 19.8 Å². The molecule has 2 rings (SSSR count). The molecule has 1 fully saturated rings. The maximum Gasteiger partial charge on any atom is 0.328 e. The molecule has 0 amide bonds. The molecular weight excluding hydrogens is 306 g/mol. The number of benzene rings is 1. The molecule has 0 bridgehead atoms. The monoisotopic (exact) mass is 323 g/mol. The van der Waals surface area contributed by atoms with Gasteiger partial charge in [0, 0.05) is 23.6 Å². The second-order valence-corrected chi connectivity index (χ2v) is 5.91. The zero-order valence-electron chi connectivity index (χ0n) is 11.0. The van der Waals surface area contributed by atoms with Crippen LogP contribution in [0.4, 0.5) is 5.69 Å². The summed E-state index contributed by atoms with van der Waals surface area (Å²) in [6, 6.07) is 5.98. The smallest absolute Gasteiger partial charge is 0.328 e. The third-order valence-corrected chi connectivity index (χ3v) is 4.15. The number of piperidine rings is 1. The highest BCUT2D eigenvalue weighted by Crippen LogP contribution is 2.31. The van der Waals surface area contributed by atoms with Crippen LogP contribution in [-0.4, -0.2) is 24.2 Å². The number of hydrogen-bond donors (Lipinski definition) is 1. The van der Waals surface area contributed by atoms with Gasteiger partial charge in [-0.15, -0.1) is 0 Å². The van der Waals surface area contributed by atoms with Crippen molar-refractivity contribution in [2.24, 2.45) is 5.92 Å². The van der Waals surface area contributed by atoms with E-state index < -0.39 is 5.97 Å². The standard InChI is InChI=1S/C15H18BrNO2/c1-11-6-8-17(9-7-11)14-4-2-12(10-13(14)16)3-5-15(18)19/h2-5,10-11H,6-9H2,1H3,(H,18,19)/b5-3+. The fourth-order valence-corrected chi connectivity index (χ4v) is 2.95. The van der Waals surface area contributed by atoms with Gasteiger partial charge in [0.25, 0.3) is 0 Å². The molecule has 1 aliphatic rings. The summed E-state index contributed by atoms with van der Waals surface area (Å²) in [7, 11) is 0. The van der Waals surface area contributed by atoms with E-state index in [0.29, 0.717) is 0 Å². The Kier molecular flexibility index (Phi) is 4.64. The zero-order chi connectivity index (χ0) is 13.8. The Bertz CT molecular complexity index is 491. The lowest BCUT2D eigenvalue weighted by Gasteiger charge is -2.32. The van der Waals surface area contributed by atoms with Crippen LogP contribution in [0, 0.1) is 5.92 Å². The molecule has 0 spiro atoms. The first-order valence-electron chi connectivity index (χ1n) is 6.52. The number of carbonyl (C=O) groups is 1. The molecule has 0 unspecified atom stereocenters. The van der Waals surface area contributed by atoms with Crippen LogP contribution in [0.3, 0.4) is 0 Å². The van der Waals surface area contributed by atoms with E-state index in [1.165, 1.54) is 18.5 Å². The van der Waals surface area contributed by atoms with Crippen LogP contribution in [0.15, 0.2) is 28.7 Å². The Hall–Kier alpha value is -1.29. The molecule has 1 aliphatic heterocycles.